The second-order valence-corrected chi connectivity index (χ2v) is 7.54. The zero-order valence-electron chi connectivity index (χ0n) is 18.2. The van der Waals surface area contributed by atoms with Gasteiger partial charge in [0, 0.05) is 18.2 Å². The summed E-state index contributed by atoms with van der Waals surface area (Å²) in [5.74, 6) is 0.286. The number of ether oxygens (including phenoxy) is 2. The van der Waals surface area contributed by atoms with Gasteiger partial charge in [0.1, 0.15) is 18.1 Å². The maximum absolute atomic E-state index is 12.8. The lowest BCUT2D eigenvalue weighted by atomic mass is 10.1. The van der Waals surface area contributed by atoms with E-state index in [1.165, 1.54) is 11.0 Å². The fraction of sp³-hybridized carbons (Fsp3) is 0.192. The van der Waals surface area contributed by atoms with E-state index in [1.54, 1.807) is 31.4 Å². The van der Waals surface area contributed by atoms with Crippen LogP contribution in [0, 0.1) is 0 Å². The summed E-state index contributed by atoms with van der Waals surface area (Å²) in [6.45, 7) is 0.844. The van der Waals surface area contributed by atoms with Crippen LogP contribution in [0.15, 0.2) is 72.8 Å². The summed E-state index contributed by atoms with van der Waals surface area (Å²) in [4.78, 5) is 39.3. The predicted molar refractivity (Wildman–Crippen MR) is 123 cm³/mol. The van der Waals surface area contributed by atoms with Crippen LogP contribution in [0.2, 0.25) is 0 Å². The Hall–Kier alpha value is -4.13. The minimum atomic E-state index is -0.373. The van der Waals surface area contributed by atoms with Crippen LogP contribution in [0.25, 0.3) is 0 Å². The number of nitrogens with one attached hydrogen (secondary N) is 1. The molecule has 3 amide bonds. The van der Waals surface area contributed by atoms with Gasteiger partial charge in [-0.25, -0.2) is 0 Å². The molecule has 1 heterocycles. The highest BCUT2D eigenvalue weighted by Crippen LogP contribution is 2.24. The van der Waals surface area contributed by atoms with Crippen molar-refractivity contribution < 1.29 is 23.9 Å². The van der Waals surface area contributed by atoms with Crippen molar-refractivity contribution in [3.63, 3.8) is 0 Å². The summed E-state index contributed by atoms with van der Waals surface area (Å²) in [5.41, 5.74) is 1.95. The van der Waals surface area contributed by atoms with Crippen LogP contribution in [-0.2, 0) is 6.42 Å². The molecule has 33 heavy (non-hydrogen) atoms. The van der Waals surface area contributed by atoms with Crippen LogP contribution in [0.3, 0.4) is 0 Å². The molecule has 0 unspecified atom stereocenters. The molecule has 1 aliphatic rings. The lowest BCUT2D eigenvalue weighted by molar-refractivity contribution is 0.0656. The van der Waals surface area contributed by atoms with Crippen molar-refractivity contribution in [3.05, 3.63) is 95.1 Å². The molecule has 7 nitrogen and oxygen atoms in total. The van der Waals surface area contributed by atoms with E-state index in [0.29, 0.717) is 35.6 Å². The van der Waals surface area contributed by atoms with Gasteiger partial charge >= 0.3 is 0 Å². The first-order valence-electron chi connectivity index (χ1n) is 10.7. The highest BCUT2D eigenvalue weighted by Gasteiger charge is 2.35. The number of methoxy groups -OCH3 is 1. The number of hydrogen-bond donors (Lipinski definition) is 1. The molecule has 7 heteroatoms. The number of imide groups is 1. The Bertz CT molecular complexity index is 1180. The van der Waals surface area contributed by atoms with Crippen molar-refractivity contribution in [2.24, 2.45) is 0 Å². The molecule has 0 bridgehead atoms. The largest absolute Gasteiger partial charge is 0.497 e. The number of amides is 3. The molecule has 0 aliphatic carbocycles. The summed E-state index contributed by atoms with van der Waals surface area (Å²) >= 11 is 0. The molecule has 0 spiro atoms. The number of carbonyl (C=O) groups excluding carboxylic acids is 3. The van der Waals surface area contributed by atoms with E-state index in [9.17, 15) is 14.4 Å². The molecule has 0 radical (unpaired) electrons. The molecule has 1 aliphatic heterocycles. The standard InChI is InChI=1S/C26H24N2O5/c1-32-20-8-5-9-21(17-20)33-15-13-27-24(29)19-10-11-22-23(16-19)26(31)28(25(22)30)14-12-18-6-3-2-4-7-18/h2-11,16-17H,12-15H2,1H3,(H,27,29). The minimum Gasteiger partial charge on any atom is -0.497 e. The van der Waals surface area contributed by atoms with Crippen molar-refractivity contribution in [1.82, 2.24) is 10.2 Å². The Morgan fingerprint density at radius 3 is 2.42 bits per heavy atom. The van der Waals surface area contributed by atoms with E-state index in [0.717, 1.165) is 5.56 Å². The first-order valence-corrected chi connectivity index (χ1v) is 10.7. The van der Waals surface area contributed by atoms with Crippen molar-refractivity contribution in [1.29, 1.82) is 0 Å². The van der Waals surface area contributed by atoms with Gasteiger partial charge in [-0.05, 0) is 42.3 Å². The zero-order chi connectivity index (χ0) is 23.2. The quantitative estimate of drug-likeness (QED) is 0.404. The molecule has 0 atom stereocenters. The number of benzene rings is 3. The van der Waals surface area contributed by atoms with Gasteiger partial charge in [-0.15, -0.1) is 0 Å². The first-order chi connectivity index (χ1) is 16.1. The SMILES string of the molecule is COc1cccc(OCCNC(=O)c2ccc3c(c2)C(=O)N(CCc2ccccc2)C3=O)c1. The van der Waals surface area contributed by atoms with Crippen LogP contribution >= 0.6 is 0 Å². The Kier molecular flexibility index (Phi) is 6.69. The Morgan fingerprint density at radius 2 is 1.64 bits per heavy atom. The van der Waals surface area contributed by atoms with Crippen molar-refractivity contribution >= 4 is 17.7 Å². The van der Waals surface area contributed by atoms with Gasteiger partial charge < -0.3 is 14.8 Å². The van der Waals surface area contributed by atoms with Crippen molar-refractivity contribution in [2.45, 2.75) is 6.42 Å². The van der Waals surface area contributed by atoms with E-state index >= 15 is 0 Å². The summed E-state index contributed by atoms with van der Waals surface area (Å²) < 4.78 is 10.8. The molecule has 0 saturated heterocycles. The van der Waals surface area contributed by atoms with Crippen LogP contribution in [0.4, 0.5) is 0 Å². The van der Waals surface area contributed by atoms with Gasteiger partial charge in [0.15, 0.2) is 0 Å². The highest BCUT2D eigenvalue weighted by molar-refractivity contribution is 6.22. The van der Waals surface area contributed by atoms with Crippen LogP contribution < -0.4 is 14.8 Å². The van der Waals surface area contributed by atoms with Crippen molar-refractivity contribution in [2.75, 3.05) is 26.8 Å². The predicted octanol–water partition coefficient (Wildman–Crippen LogP) is 3.34. The maximum Gasteiger partial charge on any atom is 0.261 e. The van der Waals surface area contributed by atoms with Crippen LogP contribution in [-0.4, -0.2) is 49.4 Å². The Labute approximate surface area is 191 Å². The maximum atomic E-state index is 12.8. The Balaban J connectivity index is 1.33. The fourth-order valence-corrected chi connectivity index (χ4v) is 3.65. The monoisotopic (exact) mass is 444 g/mol. The third kappa shape index (κ3) is 5.03. The second kappa shape index (κ2) is 9.99. The molecular formula is C26H24N2O5. The number of hydrogen-bond acceptors (Lipinski definition) is 5. The van der Waals surface area contributed by atoms with Gasteiger partial charge in [-0.2, -0.15) is 0 Å². The highest BCUT2D eigenvalue weighted by atomic mass is 16.5. The zero-order valence-corrected chi connectivity index (χ0v) is 18.2. The molecule has 0 fully saturated rings. The topological polar surface area (TPSA) is 84.9 Å². The van der Waals surface area contributed by atoms with Gasteiger partial charge in [0.25, 0.3) is 17.7 Å². The lowest BCUT2D eigenvalue weighted by Crippen LogP contribution is -2.31. The van der Waals surface area contributed by atoms with Crippen LogP contribution in [0.1, 0.15) is 36.6 Å². The number of fused-ring (bicyclic) bond motifs is 1. The molecule has 1 N–H and O–H groups in total. The smallest absolute Gasteiger partial charge is 0.261 e. The van der Waals surface area contributed by atoms with Gasteiger partial charge in [-0.3, -0.25) is 19.3 Å². The fourth-order valence-electron chi connectivity index (χ4n) is 3.65. The van der Waals surface area contributed by atoms with Crippen LogP contribution in [0.5, 0.6) is 11.5 Å². The number of carbonyl (C=O) groups is 3. The van der Waals surface area contributed by atoms with E-state index in [-0.39, 0.29) is 36.4 Å². The average Bonchev–Trinajstić information content (AvgIpc) is 3.10. The third-order valence-corrected chi connectivity index (χ3v) is 5.40. The molecule has 3 aromatic rings. The second-order valence-electron chi connectivity index (χ2n) is 7.54. The number of nitrogens with zero attached hydrogens (tertiary/aromatic N) is 1. The van der Waals surface area contributed by atoms with E-state index in [4.69, 9.17) is 9.47 Å². The van der Waals surface area contributed by atoms with E-state index in [1.807, 2.05) is 42.5 Å². The van der Waals surface area contributed by atoms with E-state index < -0.39 is 0 Å². The first kappa shape index (κ1) is 22.1. The minimum absolute atomic E-state index is 0.258. The summed E-state index contributed by atoms with van der Waals surface area (Å²) in [5, 5.41) is 2.77. The van der Waals surface area contributed by atoms with Crippen molar-refractivity contribution in [3.8, 4) is 11.5 Å². The summed E-state index contributed by atoms with van der Waals surface area (Å²) in [6.07, 6.45) is 0.576. The normalized spacial score (nSPS) is 12.5. The lowest BCUT2D eigenvalue weighted by Gasteiger charge is -2.13. The van der Waals surface area contributed by atoms with Gasteiger partial charge in [0.2, 0.25) is 0 Å². The summed E-state index contributed by atoms with van der Waals surface area (Å²) in [6, 6.07) is 21.5. The molecular weight excluding hydrogens is 420 g/mol. The third-order valence-electron chi connectivity index (χ3n) is 5.40. The molecule has 0 saturated carbocycles. The molecule has 168 valence electrons. The summed E-state index contributed by atoms with van der Waals surface area (Å²) in [7, 11) is 1.58. The average molecular weight is 444 g/mol. The van der Waals surface area contributed by atoms with E-state index in [2.05, 4.69) is 5.32 Å². The number of rotatable bonds is 9. The molecule has 4 rings (SSSR count). The molecule has 3 aromatic carbocycles. The van der Waals surface area contributed by atoms with Gasteiger partial charge in [0.05, 0.1) is 24.8 Å². The Morgan fingerprint density at radius 1 is 0.879 bits per heavy atom. The van der Waals surface area contributed by atoms with Gasteiger partial charge in [-0.1, -0.05) is 36.4 Å². The molecule has 0 aromatic heterocycles.